The third-order valence-corrected chi connectivity index (χ3v) is 0.959. The van der Waals surface area contributed by atoms with Crippen molar-refractivity contribution in [1.82, 2.24) is 4.98 Å². The molecule has 0 bridgehead atoms. The average molecular weight is 121 g/mol. The average Bonchev–Trinajstić information content (AvgIpc) is 2.33. The molecular formula is C6H3NO2. The SMILES string of the molecule is O=C=c1cc[nH]c1=C=O. The first kappa shape index (κ1) is 5.57. The molecule has 1 heterocycles. The Hall–Kier alpha value is -1.56. The van der Waals surface area contributed by atoms with Gasteiger partial charge in [-0.25, -0.2) is 9.59 Å². The summed E-state index contributed by atoms with van der Waals surface area (Å²) in [7, 11) is 0. The molecule has 0 saturated carbocycles. The normalized spacial score (nSPS) is 8.00. The lowest BCUT2D eigenvalue weighted by Gasteiger charge is -1.58. The zero-order chi connectivity index (χ0) is 6.69. The molecule has 0 saturated heterocycles. The Morgan fingerprint density at radius 2 is 2.11 bits per heavy atom. The Balaban J connectivity index is 3.92. The fraction of sp³-hybridized carbons (Fsp3) is 0. The first-order valence-corrected chi connectivity index (χ1v) is 2.32. The summed E-state index contributed by atoms with van der Waals surface area (Å²) in [5.41, 5.74) is 0. The Morgan fingerprint density at radius 3 is 2.56 bits per heavy atom. The number of hydrogen-bond acceptors (Lipinski definition) is 2. The van der Waals surface area contributed by atoms with Gasteiger partial charge in [0.25, 0.3) is 0 Å². The van der Waals surface area contributed by atoms with Crippen molar-refractivity contribution in [3.63, 3.8) is 0 Å². The number of nitrogens with one attached hydrogen (secondary N) is 1. The van der Waals surface area contributed by atoms with Crippen molar-refractivity contribution in [3.05, 3.63) is 22.8 Å². The Labute approximate surface area is 50.3 Å². The highest BCUT2D eigenvalue weighted by Crippen LogP contribution is 1.52. The predicted molar refractivity (Wildman–Crippen MR) is 29.6 cm³/mol. The Bertz CT molecular complexity index is 318. The summed E-state index contributed by atoms with van der Waals surface area (Å²) < 4.78 is 0. The fourth-order valence-electron chi connectivity index (χ4n) is 0.539. The molecule has 0 aromatic carbocycles. The largest absolute Gasteiger partial charge is 0.352 e. The van der Waals surface area contributed by atoms with Crippen LogP contribution in [0.25, 0.3) is 0 Å². The van der Waals surface area contributed by atoms with E-state index in [2.05, 4.69) is 4.98 Å². The summed E-state index contributed by atoms with van der Waals surface area (Å²) >= 11 is 0. The minimum atomic E-state index is 0.157. The molecule has 3 nitrogen and oxygen atoms in total. The van der Waals surface area contributed by atoms with Crippen molar-refractivity contribution in [1.29, 1.82) is 0 Å². The summed E-state index contributed by atoms with van der Waals surface area (Å²) in [5, 5.41) is 0.384. The summed E-state index contributed by atoms with van der Waals surface area (Å²) in [6.45, 7) is 0. The monoisotopic (exact) mass is 121 g/mol. The molecule has 1 N–H and O–H groups in total. The zero-order valence-corrected chi connectivity index (χ0v) is 4.47. The van der Waals surface area contributed by atoms with Gasteiger partial charge in [-0.2, -0.15) is 0 Å². The van der Waals surface area contributed by atoms with Gasteiger partial charge < -0.3 is 4.98 Å². The molecule has 0 fully saturated rings. The summed E-state index contributed by atoms with van der Waals surface area (Å²) in [6.07, 6.45) is 1.49. The molecule has 0 aliphatic carbocycles. The van der Waals surface area contributed by atoms with Crippen LogP contribution < -0.4 is 10.6 Å². The van der Waals surface area contributed by atoms with E-state index in [9.17, 15) is 9.59 Å². The first-order chi connectivity index (χ1) is 4.38. The van der Waals surface area contributed by atoms with E-state index in [0.29, 0.717) is 0 Å². The molecule has 0 amide bonds. The van der Waals surface area contributed by atoms with Crippen molar-refractivity contribution in [2.45, 2.75) is 0 Å². The van der Waals surface area contributed by atoms with E-state index >= 15 is 0 Å². The number of carbonyl (C=O) groups excluding carboxylic acids is 2. The highest BCUT2D eigenvalue weighted by molar-refractivity contribution is 5.52. The van der Waals surface area contributed by atoms with Gasteiger partial charge in [-0.1, -0.05) is 0 Å². The van der Waals surface area contributed by atoms with E-state index in [-0.39, 0.29) is 10.6 Å². The van der Waals surface area contributed by atoms with Crippen molar-refractivity contribution >= 4 is 11.9 Å². The van der Waals surface area contributed by atoms with Gasteiger partial charge in [0.2, 0.25) is 0 Å². The van der Waals surface area contributed by atoms with Crippen molar-refractivity contribution in [2.75, 3.05) is 0 Å². The summed E-state index contributed by atoms with van der Waals surface area (Å²) in [5.74, 6) is 3.14. The minimum absolute atomic E-state index is 0.157. The van der Waals surface area contributed by atoms with Crippen LogP contribution in [0.15, 0.2) is 12.3 Å². The van der Waals surface area contributed by atoms with E-state index in [0.717, 1.165) is 0 Å². The maximum atomic E-state index is 9.92. The summed E-state index contributed by atoms with van der Waals surface area (Å²) in [6, 6.07) is 1.47. The van der Waals surface area contributed by atoms with Crippen LogP contribution in [-0.4, -0.2) is 16.9 Å². The van der Waals surface area contributed by atoms with Gasteiger partial charge >= 0.3 is 0 Å². The predicted octanol–water partition coefficient (Wildman–Crippen LogP) is -1.98. The zero-order valence-electron chi connectivity index (χ0n) is 4.47. The van der Waals surface area contributed by atoms with E-state index in [1.54, 1.807) is 11.9 Å². The molecule has 0 aliphatic heterocycles. The molecule has 44 valence electrons. The van der Waals surface area contributed by atoms with Crippen molar-refractivity contribution in [3.8, 4) is 0 Å². The molecule has 0 radical (unpaired) electrons. The minimum Gasteiger partial charge on any atom is -0.352 e. The lowest BCUT2D eigenvalue weighted by atomic mass is 10.5. The van der Waals surface area contributed by atoms with E-state index in [1.807, 2.05) is 0 Å². The maximum absolute atomic E-state index is 9.92. The molecule has 1 aromatic rings. The number of aromatic nitrogens is 1. The summed E-state index contributed by atoms with van der Waals surface area (Å²) in [4.78, 5) is 22.4. The van der Waals surface area contributed by atoms with Crippen LogP contribution in [0, 0.1) is 0 Å². The molecule has 0 unspecified atom stereocenters. The number of hydrogen-bond donors (Lipinski definition) is 1. The van der Waals surface area contributed by atoms with E-state index in [4.69, 9.17) is 0 Å². The molecule has 0 spiro atoms. The first-order valence-electron chi connectivity index (χ1n) is 2.32. The molecular weight excluding hydrogens is 118 g/mol. The second kappa shape index (κ2) is 2.14. The van der Waals surface area contributed by atoms with Crippen LogP contribution in [0.2, 0.25) is 0 Å². The van der Waals surface area contributed by atoms with Crippen LogP contribution in [0.3, 0.4) is 0 Å². The lowest BCUT2D eigenvalue weighted by Crippen LogP contribution is -2.24. The van der Waals surface area contributed by atoms with E-state index < -0.39 is 0 Å². The second-order valence-electron chi connectivity index (χ2n) is 1.47. The van der Waals surface area contributed by atoms with E-state index in [1.165, 1.54) is 12.3 Å². The molecule has 0 atom stereocenters. The second-order valence-corrected chi connectivity index (χ2v) is 1.47. The van der Waals surface area contributed by atoms with Crippen molar-refractivity contribution < 1.29 is 9.59 Å². The molecule has 1 aromatic heterocycles. The highest BCUT2D eigenvalue weighted by atomic mass is 16.1. The standard InChI is InChI=1S/C6H3NO2/c8-3-5-1-2-7-6(5)4-9/h1-2,7H. The molecule has 0 aliphatic rings. The van der Waals surface area contributed by atoms with Crippen LogP contribution >= 0.6 is 0 Å². The smallest absolute Gasteiger partial charge is 0.152 e. The molecule has 1 rings (SSSR count). The van der Waals surface area contributed by atoms with Gasteiger partial charge in [0.05, 0.1) is 5.22 Å². The molecule has 9 heavy (non-hydrogen) atoms. The molecule has 3 heteroatoms. The number of rotatable bonds is 0. The van der Waals surface area contributed by atoms with Gasteiger partial charge in [0.1, 0.15) is 11.3 Å². The van der Waals surface area contributed by atoms with Gasteiger partial charge in [-0.05, 0) is 6.07 Å². The van der Waals surface area contributed by atoms with Gasteiger partial charge in [0, 0.05) is 6.20 Å². The number of H-pyrrole nitrogens is 1. The van der Waals surface area contributed by atoms with Gasteiger partial charge in [-0.3, -0.25) is 0 Å². The quantitative estimate of drug-likeness (QED) is 0.432. The topological polar surface area (TPSA) is 49.9 Å². The third-order valence-electron chi connectivity index (χ3n) is 0.959. The fourth-order valence-corrected chi connectivity index (χ4v) is 0.539. The lowest BCUT2D eigenvalue weighted by molar-refractivity contribution is 0.564. The van der Waals surface area contributed by atoms with Gasteiger partial charge in [-0.15, -0.1) is 0 Å². The highest BCUT2D eigenvalue weighted by Gasteiger charge is 1.82. The maximum Gasteiger partial charge on any atom is 0.152 e. The van der Waals surface area contributed by atoms with Gasteiger partial charge in [0.15, 0.2) is 5.94 Å². The van der Waals surface area contributed by atoms with Crippen LogP contribution in [0.4, 0.5) is 0 Å². The van der Waals surface area contributed by atoms with Crippen LogP contribution in [0.1, 0.15) is 0 Å². The Kier molecular flexibility index (Phi) is 1.32. The Morgan fingerprint density at radius 1 is 1.33 bits per heavy atom. The van der Waals surface area contributed by atoms with Crippen LogP contribution in [0.5, 0.6) is 0 Å². The van der Waals surface area contributed by atoms with Crippen LogP contribution in [-0.2, 0) is 9.59 Å². The third kappa shape index (κ3) is 0.820. The van der Waals surface area contributed by atoms with Crippen molar-refractivity contribution in [2.24, 2.45) is 0 Å². The number of aromatic amines is 1.